The number of rotatable bonds is 4. The molecule has 0 fully saturated rings. The zero-order chi connectivity index (χ0) is 13.1. The van der Waals surface area contributed by atoms with Crippen LogP contribution >= 0.6 is 0 Å². The number of anilines is 1. The minimum Gasteiger partial charge on any atom is -0.369 e. The van der Waals surface area contributed by atoms with Gasteiger partial charge in [0.05, 0.1) is 0 Å². The minimum atomic E-state index is 0.382. The Balaban J connectivity index is 1.78. The van der Waals surface area contributed by atoms with Crippen LogP contribution < -0.4 is 10.2 Å². The Morgan fingerprint density at radius 2 is 1.79 bits per heavy atom. The van der Waals surface area contributed by atoms with Crippen molar-refractivity contribution in [2.24, 2.45) is 0 Å². The summed E-state index contributed by atoms with van der Waals surface area (Å²) in [6.45, 7) is 2.15. The molecule has 0 saturated carbocycles. The summed E-state index contributed by atoms with van der Waals surface area (Å²) in [6, 6.07) is 19.8. The van der Waals surface area contributed by atoms with E-state index in [0.29, 0.717) is 6.04 Å². The fraction of sp³-hybridized carbons (Fsp3) is 0.294. The molecule has 1 N–H and O–H groups in total. The summed E-state index contributed by atoms with van der Waals surface area (Å²) in [5.41, 5.74) is 4.23. The van der Waals surface area contributed by atoms with Crippen molar-refractivity contribution in [3.8, 4) is 0 Å². The average molecular weight is 252 g/mol. The number of fused-ring (bicyclic) bond motifs is 1. The van der Waals surface area contributed by atoms with E-state index in [0.717, 1.165) is 13.1 Å². The summed E-state index contributed by atoms with van der Waals surface area (Å²) in [5.74, 6) is 0. The molecule has 0 radical (unpaired) electrons. The maximum atomic E-state index is 3.43. The lowest BCUT2D eigenvalue weighted by Crippen LogP contribution is -2.32. The largest absolute Gasteiger partial charge is 0.369 e. The van der Waals surface area contributed by atoms with E-state index in [9.17, 15) is 0 Å². The van der Waals surface area contributed by atoms with Crippen LogP contribution in [0.25, 0.3) is 0 Å². The number of hydrogen-bond acceptors (Lipinski definition) is 2. The van der Waals surface area contributed by atoms with E-state index in [1.54, 1.807) is 0 Å². The van der Waals surface area contributed by atoms with E-state index in [1.807, 2.05) is 7.05 Å². The predicted octanol–water partition coefficient (Wildman–Crippen LogP) is 3.01. The van der Waals surface area contributed by atoms with E-state index in [4.69, 9.17) is 0 Å². The van der Waals surface area contributed by atoms with Gasteiger partial charge in [0.1, 0.15) is 0 Å². The van der Waals surface area contributed by atoms with E-state index in [2.05, 4.69) is 64.8 Å². The van der Waals surface area contributed by atoms with E-state index >= 15 is 0 Å². The van der Waals surface area contributed by atoms with Crippen LogP contribution in [0.15, 0.2) is 54.6 Å². The molecule has 2 heteroatoms. The predicted molar refractivity (Wildman–Crippen MR) is 80.6 cm³/mol. The van der Waals surface area contributed by atoms with Crippen LogP contribution in [0.1, 0.15) is 17.2 Å². The van der Waals surface area contributed by atoms with Crippen molar-refractivity contribution < 1.29 is 0 Å². The number of nitrogens with zero attached hydrogens (tertiary/aromatic N) is 1. The fourth-order valence-corrected chi connectivity index (χ4v) is 2.87. The van der Waals surface area contributed by atoms with Crippen LogP contribution in [-0.2, 0) is 6.42 Å². The Kier molecular flexibility index (Phi) is 3.51. The van der Waals surface area contributed by atoms with Crippen molar-refractivity contribution in [1.82, 2.24) is 5.32 Å². The molecule has 0 bridgehead atoms. The van der Waals surface area contributed by atoms with Gasteiger partial charge in [-0.1, -0.05) is 48.5 Å². The molecule has 0 aromatic heterocycles. The lowest BCUT2D eigenvalue weighted by Gasteiger charge is -2.26. The lowest BCUT2D eigenvalue weighted by molar-refractivity contribution is 0.579. The maximum Gasteiger partial charge on any atom is 0.0495 e. The normalized spacial score (nSPS) is 15.3. The highest BCUT2D eigenvalue weighted by Crippen LogP contribution is 2.29. The molecule has 1 unspecified atom stereocenters. The Labute approximate surface area is 115 Å². The van der Waals surface area contributed by atoms with Crippen LogP contribution in [0.2, 0.25) is 0 Å². The summed E-state index contributed by atoms with van der Waals surface area (Å²) in [6.07, 6.45) is 1.17. The molecule has 1 heterocycles. The first kappa shape index (κ1) is 12.2. The topological polar surface area (TPSA) is 15.3 Å². The molecule has 0 saturated heterocycles. The molecule has 19 heavy (non-hydrogen) atoms. The van der Waals surface area contributed by atoms with Crippen molar-refractivity contribution in [3.05, 3.63) is 65.7 Å². The zero-order valence-corrected chi connectivity index (χ0v) is 11.3. The first-order valence-electron chi connectivity index (χ1n) is 6.93. The number of benzene rings is 2. The van der Waals surface area contributed by atoms with Gasteiger partial charge in [-0.05, 0) is 30.7 Å². The molecule has 0 aliphatic carbocycles. The minimum absolute atomic E-state index is 0.382. The van der Waals surface area contributed by atoms with Crippen molar-refractivity contribution in [2.45, 2.75) is 12.5 Å². The van der Waals surface area contributed by atoms with Gasteiger partial charge in [-0.3, -0.25) is 0 Å². The van der Waals surface area contributed by atoms with Crippen molar-refractivity contribution in [2.75, 3.05) is 25.0 Å². The second kappa shape index (κ2) is 5.45. The molecule has 1 aliphatic rings. The lowest BCUT2D eigenvalue weighted by atomic mass is 10.1. The zero-order valence-electron chi connectivity index (χ0n) is 11.3. The fourth-order valence-electron chi connectivity index (χ4n) is 2.87. The molecule has 98 valence electrons. The van der Waals surface area contributed by atoms with Gasteiger partial charge >= 0.3 is 0 Å². The molecule has 3 rings (SSSR count). The van der Waals surface area contributed by atoms with Gasteiger partial charge in [0.25, 0.3) is 0 Å². The molecular formula is C17H20N2. The first-order valence-corrected chi connectivity index (χ1v) is 6.93. The van der Waals surface area contributed by atoms with Crippen molar-refractivity contribution in [1.29, 1.82) is 0 Å². The van der Waals surface area contributed by atoms with Crippen LogP contribution in [0, 0.1) is 0 Å². The smallest absolute Gasteiger partial charge is 0.0495 e. The second-order valence-electron chi connectivity index (χ2n) is 5.08. The third-order valence-corrected chi connectivity index (χ3v) is 3.94. The summed E-state index contributed by atoms with van der Waals surface area (Å²) in [4.78, 5) is 2.49. The Morgan fingerprint density at radius 3 is 2.58 bits per heavy atom. The van der Waals surface area contributed by atoms with Gasteiger partial charge in [-0.25, -0.2) is 0 Å². The molecular weight excluding hydrogens is 232 g/mol. The molecule has 2 nitrogen and oxygen atoms in total. The monoisotopic (exact) mass is 252 g/mol. The maximum absolute atomic E-state index is 3.43. The number of hydrogen-bond donors (Lipinski definition) is 1. The molecule has 1 aliphatic heterocycles. The molecule has 0 spiro atoms. The standard InChI is InChI=1S/C17H20N2/c1-18-16(14-7-3-2-4-8-14)13-19-12-11-15-9-5-6-10-17(15)19/h2-10,16,18H,11-13H2,1H3. The SMILES string of the molecule is CNC(CN1CCc2ccccc21)c1ccccc1. The Bertz CT molecular complexity index is 536. The van der Waals surface area contributed by atoms with Crippen LogP contribution in [-0.4, -0.2) is 20.1 Å². The highest BCUT2D eigenvalue weighted by molar-refractivity contribution is 5.58. The third-order valence-electron chi connectivity index (χ3n) is 3.94. The molecule has 2 aromatic carbocycles. The highest BCUT2D eigenvalue weighted by Gasteiger charge is 2.21. The van der Waals surface area contributed by atoms with Gasteiger partial charge < -0.3 is 10.2 Å². The highest BCUT2D eigenvalue weighted by atomic mass is 15.2. The Morgan fingerprint density at radius 1 is 1.05 bits per heavy atom. The van der Waals surface area contributed by atoms with E-state index < -0.39 is 0 Å². The van der Waals surface area contributed by atoms with Crippen LogP contribution in [0.3, 0.4) is 0 Å². The average Bonchev–Trinajstić information content (AvgIpc) is 2.89. The van der Waals surface area contributed by atoms with Crippen molar-refractivity contribution in [3.63, 3.8) is 0 Å². The van der Waals surface area contributed by atoms with Gasteiger partial charge in [-0.15, -0.1) is 0 Å². The number of para-hydroxylation sites is 1. The molecule has 1 atom stereocenters. The van der Waals surface area contributed by atoms with Gasteiger partial charge in [0, 0.05) is 24.8 Å². The summed E-state index contributed by atoms with van der Waals surface area (Å²) in [7, 11) is 2.04. The summed E-state index contributed by atoms with van der Waals surface area (Å²) >= 11 is 0. The number of likely N-dealkylation sites (N-methyl/N-ethyl adjacent to an activating group) is 1. The quantitative estimate of drug-likeness (QED) is 0.900. The van der Waals surface area contributed by atoms with E-state index in [-0.39, 0.29) is 0 Å². The van der Waals surface area contributed by atoms with Gasteiger partial charge in [0.2, 0.25) is 0 Å². The molecule has 2 aromatic rings. The third kappa shape index (κ3) is 2.49. The second-order valence-corrected chi connectivity index (χ2v) is 5.08. The van der Waals surface area contributed by atoms with Crippen LogP contribution in [0.4, 0.5) is 5.69 Å². The first-order chi connectivity index (χ1) is 9.38. The van der Waals surface area contributed by atoms with Crippen molar-refractivity contribution >= 4 is 5.69 Å². The van der Waals surface area contributed by atoms with Crippen LogP contribution in [0.5, 0.6) is 0 Å². The van der Waals surface area contributed by atoms with E-state index in [1.165, 1.54) is 23.2 Å². The number of nitrogens with one attached hydrogen (secondary N) is 1. The molecule has 0 amide bonds. The summed E-state index contributed by atoms with van der Waals surface area (Å²) in [5, 5.41) is 3.43. The Hall–Kier alpha value is -1.80. The summed E-state index contributed by atoms with van der Waals surface area (Å²) < 4.78 is 0. The van der Waals surface area contributed by atoms with Gasteiger partial charge in [-0.2, -0.15) is 0 Å². The van der Waals surface area contributed by atoms with Gasteiger partial charge in [0.15, 0.2) is 0 Å².